The summed E-state index contributed by atoms with van der Waals surface area (Å²) in [6.45, 7) is 5.08. The van der Waals surface area contributed by atoms with Gasteiger partial charge in [-0.3, -0.25) is 4.79 Å². The maximum atomic E-state index is 9.00. The Bertz CT molecular complexity index is 112. The molecule has 0 atom stereocenters. The molecule has 1 N–H and O–H groups in total. The molecule has 0 aromatic carbocycles. The van der Waals surface area contributed by atoms with Crippen LogP contribution in [0.5, 0.6) is 0 Å². The maximum Gasteiger partial charge on any atom is 0.300 e. The van der Waals surface area contributed by atoms with E-state index in [9.17, 15) is 0 Å². The molecule has 96 valence electrons. The molecule has 0 aromatic rings. The van der Waals surface area contributed by atoms with E-state index >= 15 is 0 Å². The van der Waals surface area contributed by atoms with Crippen LogP contribution in [0, 0.1) is 0 Å². The number of ether oxygens (including phenoxy) is 2. The fourth-order valence-electron chi connectivity index (χ4n) is 1.37. The standard InChI is InChI=1S/2C5H10O.C2H4O2/c2*1-2-4-6-5-3-1;1-2(3)4/h2*1-5H2;1H3,(H,3,4). The summed E-state index contributed by atoms with van der Waals surface area (Å²) in [4.78, 5) is 9.00. The molecular formula is C12H24O4. The molecule has 2 heterocycles. The largest absolute Gasteiger partial charge is 0.481 e. The van der Waals surface area contributed by atoms with Gasteiger partial charge < -0.3 is 14.6 Å². The molecule has 0 saturated carbocycles. The van der Waals surface area contributed by atoms with Gasteiger partial charge in [-0.05, 0) is 38.5 Å². The van der Waals surface area contributed by atoms with Crippen molar-refractivity contribution < 1.29 is 19.4 Å². The van der Waals surface area contributed by atoms with Crippen molar-refractivity contribution >= 4 is 5.97 Å². The van der Waals surface area contributed by atoms with E-state index in [1.165, 1.54) is 38.5 Å². The zero-order valence-electron chi connectivity index (χ0n) is 10.2. The lowest BCUT2D eigenvalue weighted by Crippen LogP contribution is -2.03. The Morgan fingerprint density at radius 1 is 0.812 bits per heavy atom. The number of carboxylic acid groups (broad SMARTS) is 1. The van der Waals surface area contributed by atoms with E-state index in [1.54, 1.807) is 0 Å². The average Bonchev–Trinajstić information content (AvgIpc) is 2.34. The predicted octanol–water partition coefficient (Wildman–Crippen LogP) is 2.46. The molecule has 2 aliphatic heterocycles. The first-order valence-electron chi connectivity index (χ1n) is 6.08. The van der Waals surface area contributed by atoms with Gasteiger partial charge in [0.25, 0.3) is 5.97 Å². The van der Waals surface area contributed by atoms with Crippen molar-refractivity contribution in [3.05, 3.63) is 0 Å². The molecule has 0 spiro atoms. The van der Waals surface area contributed by atoms with Gasteiger partial charge >= 0.3 is 0 Å². The summed E-state index contributed by atoms with van der Waals surface area (Å²) in [5.41, 5.74) is 0. The monoisotopic (exact) mass is 232 g/mol. The van der Waals surface area contributed by atoms with Crippen molar-refractivity contribution in [3.8, 4) is 0 Å². The number of hydrogen-bond acceptors (Lipinski definition) is 3. The summed E-state index contributed by atoms with van der Waals surface area (Å²) in [6.07, 6.45) is 7.86. The third kappa shape index (κ3) is 15.8. The first-order valence-corrected chi connectivity index (χ1v) is 6.08. The molecule has 0 bridgehead atoms. The summed E-state index contributed by atoms with van der Waals surface area (Å²) in [5.74, 6) is -0.833. The van der Waals surface area contributed by atoms with Crippen LogP contribution in [0.2, 0.25) is 0 Å². The topological polar surface area (TPSA) is 55.8 Å². The van der Waals surface area contributed by atoms with Gasteiger partial charge in [-0.15, -0.1) is 0 Å². The molecule has 4 heteroatoms. The van der Waals surface area contributed by atoms with Crippen LogP contribution >= 0.6 is 0 Å². The van der Waals surface area contributed by atoms with Gasteiger partial charge in [0, 0.05) is 33.4 Å². The van der Waals surface area contributed by atoms with Crippen molar-refractivity contribution in [1.29, 1.82) is 0 Å². The van der Waals surface area contributed by atoms with Crippen molar-refractivity contribution in [2.24, 2.45) is 0 Å². The third-order valence-electron chi connectivity index (χ3n) is 2.15. The molecule has 0 radical (unpaired) electrons. The van der Waals surface area contributed by atoms with Crippen molar-refractivity contribution in [1.82, 2.24) is 0 Å². The highest BCUT2D eigenvalue weighted by molar-refractivity contribution is 5.62. The minimum absolute atomic E-state index is 0.833. The maximum absolute atomic E-state index is 9.00. The lowest BCUT2D eigenvalue weighted by Gasteiger charge is -2.08. The minimum atomic E-state index is -0.833. The second-order valence-electron chi connectivity index (χ2n) is 3.87. The van der Waals surface area contributed by atoms with E-state index in [2.05, 4.69) is 0 Å². The Morgan fingerprint density at radius 2 is 1.06 bits per heavy atom. The number of carboxylic acids is 1. The van der Waals surface area contributed by atoms with Gasteiger partial charge in [-0.1, -0.05) is 0 Å². The van der Waals surface area contributed by atoms with Crippen LogP contribution in [0.15, 0.2) is 0 Å². The number of carbonyl (C=O) groups is 1. The van der Waals surface area contributed by atoms with Crippen LogP contribution in [0.25, 0.3) is 0 Å². The summed E-state index contributed by atoms with van der Waals surface area (Å²) < 4.78 is 10.1. The van der Waals surface area contributed by atoms with E-state index in [0.29, 0.717) is 0 Å². The summed E-state index contributed by atoms with van der Waals surface area (Å²) >= 11 is 0. The van der Waals surface area contributed by atoms with Crippen LogP contribution < -0.4 is 0 Å². The van der Waals surface area contributed by atoms with Crippen molar-refractivity contribution in [2.45, 2.75) is 45.4 Å². The number of rotatable bonds is 0. The predicted molar refractivity (Wildman–Crippen MR) is 62.6 cm³/mol. The molecule has 2 fully saturated rings. The number of hydrogen-bond donors (Lipinski definition) is 1. The van der Waals surface area contributed by atoms with Crippen LogP contribution in [0.4, 0.5) is 0 Å². The van der Waals surface area contributed by atoms with Gasteiger partial charge in [0.2, 0.25) is 0 Å². The van der Waals surface area contributed by atoms with Crippen molar-refractivity contribution in [3.63, 3.8) is 0 Å². The summed E-state index contributed by atoms with van der Waals surface area (Å²) in [7, 11) is 0. The smallest absolute Gasteiger partial charge is 0.300 e. The van der Waals surface area contributed by atoms with Crippen molar-refractivity contribution in [2.75, 3.05) is 26.4 Å². The lowest BCUT2D eigenvalue weighted by atomic mass is 10.2. The molecule has 0 unspecified atom stereocenters. The SMILES string of the molecule is C1CCOCC1.C1CCOCC1.CC(=O)O. The Balaban J connectivity index is 0.000000217. The molecule has 0 aromatic heterocycles. The highest BCUT2D eigenvalue weighted by atomic mass is 16.5. The molecule has 2 aliphatic rings. The van der Waals surface area contributed by atoms with Gasteiger partial charge in [-0.25, -0.2) is 0 Å². The Labute approximate surface area is 97.9 Å². The lowest BCUT2D eigenvalue weighted by molar-refractivity contribution is -0.134. The molecule has 4 nitrogen and oxygen atoms in total. The minimum Gasteiger partial charge on any atom is -0.481 e. The first kappa shape index (κ1) is 15.4. The Kier molecular flexibility index (Phi) is 12.0. The van der Waals surface area contributed by atoms with Gasteiger partial charge in [0.15, 0.2) is 0 Å². The second-order valence-corrected chi connectivity index (χ2v) is 3.87. The molecule has 16 heavy (non-hydrogen) atoms. The average molecular weight is 232 g/mol. The number of aliphatic carboxylic acids is 1. The van der Waals surface area contributed by atoms with E-state index in [0.717, 1.165) is 33.4 Å². The molecule has 0 amide bonds. The molecular weight excluding hydrogens is 208 g/mol. The molecule has 0 aliphatic carbocycles. The van der Waals surface area contributed by atoms with E-state index in [1.807, 2.05) is 0 Å². The first-order chi connectivity index (χ1) is 7.73. The fraction of sp³-hybridized carbons (Fsp3) is 0.917. The zero-order valence-corrected chi connectivity index (χ0v) is 10.2. The zero-order chi connectivity index (χ0) is 12.1. The van der Waals surface area contributed by atoms with Gasteiger partial charge in [0.05, 0.1) is 0 Å². The third-order valence-corrected chi connectivity index (χ3v) is 2.15. The Hall–Kier alpha value is -0.610. The van der Waals surface area contributed by atoms with E-state index in [-0.39, 0.29) is 0 Å². The normalized spacial score (nSPS) is 19.6. The van der Waals surface area contributed by atoms with Crippen LogP contribution in [-0.4, -0.2) is 37.5 Å². The highest BCUT2D eigenvalue weighted by Crippen LogP contribution is 2.02. The second kappa shape index (κ2) is 12.5. The highest BCUT2D eigenvalue weighted by Gasteiger charge is 1.95. The fourth-order valence-corrected chi connectivity index (χ4v) is 1.37. The Morgan fingerprint density at radius 3 is 1.12 bits per heavy atom. The van der Waals surface area contributed by atoms with E-state index < -0.39 is 5.97 Å². The molecule has 2 saturated heterocycles. The van der Waals surface area contributed by atoms with Gasteiger partial charge in [0.1, 0.15) is 0 Å². The summed E-state index contributed by atoms with van der Waals surface area (Å²) in [5, 5.41) is 7.42. The van der Waals surface area contributed by atoms with Crippen LogP contribution in [0.1, 0.15) is 45.4 Å². The van der Waals surface area contributed by atoms with Crippen LogP contribution in [-0.2, 0) is 14.3 Å². The van der Waals surface area contributed by atoms with Gasteiger partial charge in [-0.2, -0.15) is 0 Å². The van der Waals surface area contributed by atoms with E-state index in [4.69, 9.17) is 19.4 Å². The summed E-state index contributed by atoms with van der Waals surface area (Å²) in [6, 6.07) is 0. The quantitative estimate of drug-likeness (QED) is 0.697. The van der Waals surface area contributed by atoms with Crippen LogP contribution in [0.3, 0.4) is 0 Å². The molecule has 2 rings (SSSR count).